The highest BCUT2D eigenvalue weighted by Gasteiger charge is 2.18. The van der Waals surface area contributed by atoms with Gasteiger partial charge in [0.25, 0.3) is 5.91 Å². The zero-order chi connectivity index (χ0) is 18.7. The number of rotatable bonds is 5. The molecule has 5 nitrogen and oxygen atoms in total. The second-order valence-corrected chi connectivity index (χ2v) is 6.73. The average molecular weight is 349 g/mol. The van der Waals surface area contributed by atoms with Gasteiger partial charge in [0.2, 0.25) is 5.91 Å². The Morgan fingerprint density at radius 2 is 1.77 bits per heavy atom. The van der Waals surface area contributed by atoms with Crippen molar-refractivity contribution in [2.75, 3.05) is 18.9 Å². The van der Waals surface area contributed by atoms with Crippen molar-refractivity contribution in [2.24, 2.45) is 0 Å². The standard InChI is InChI=1S/C21H23N3O2/c1-14(2)15-8-10-16(11-9-15)23-20(25)13-24(3)21(26)18-12-22-19-7-5-4-6-17(18)19/h4-12,14,22H,13H2,1-3H3,(H,23,25). The minimum atomic E-state index is -0.224. The minimum Gasteiger partial charge on any atom is -0.360 e. The number of hydrogen-bond acceptors (Lipinski definition) is 2. The molecule has 0 saturated carbocycles. The Labute approximate surface area is 153 Å². The van der Waals surface area contributed by atoms with Crippen molar-refractivity contribution in [3.63, 3.8) is 0 Å². The molecule has 1 aromatic heterocycles. The van der Waals surface area contributed by atoms with E-state index in [-0.39, 0.29) is 18.4 Å². The van der Waals surface area contributed by atoms with E-state index in [1.807, 2.05) is 48.5 Å². The fourth-order valence-electron chi connectivity index (χ4n) is 2.89. The first kappa shape index (κ1) is 17.7. The molecular weight excluding hydrogens is 326 g/mol. The molecule has 0 atom stereocenters. The summed E-state index contributed by atoms with van der Waals surface area (Å²) in [6.45, 7) is 4.24. The van der Waals surface area contributed by atoms with Crippen molar-refractivity contribution in [3.8, 4) is 0 Å². The topological polar surface area (TPSA) is 65.2 Å². The monoisotopic (exact) mass is 349 g/mol. The number of hydrogen-bond donors (Lipinski definition) is 2. The van der Waals surface area contributed by atoms with E-state index in [9.17, 15) is 9.59 Å². The van der Waals surface area contributed by atoms with E-state index in [0.717, 1.165) is 16.6 Å². The Morgan fingerprint density at radius 1 is 1.08 bits per heavy atom. The summed E-state index contributed by atoms with van der Waals surface area (Å²) >= 11 is 0. The second-order valence-electron chi connectivity index (χ2n) is 6.73. The molecule has 0 radical (unpaired) electrons. The normalized spacial score (nSPS) is 10.9. The van der Waals surface area contributed by atoms with Crippen LogP contribution >= 0.6 is 0 Å². The molecule has 0 fully saturated rings. The molecule has 0 bridgehead atoms. The van der Waals surface area contributed by atoms with Gasteiger partial charge in [0.1, 0.15) is 0 Å². The number of aromatic nitrogens is 1. The van der Waals surface area contributed by atoms with Gasteiger partial charge in [-0.25, -0.2) is 0 Å². The number of para-hydroxylation sites is 1. The van der Waals surface area contributed by atoms with Gasteiger partial charge in [0.05, 0.1) is 12.1 Å². The number of benzene rings is 2. The fraction of sp³-hybridized carbons (Fsp3) is 0.238. The number of carbonyl (C=O) groups is 2. The number of H-pyrrole nitrogens is 1. The van der Waals surface area contributed by atoms with Crippen LogP contribution in [0.3, 0.4) is 0 Å². The number of likely N-dealkylation sites (N-methyl/N-ethyl adjacent to an activating group) is 1. The van der Waals surface area contributed by atoms with Crippen molar-refractivity contribution >= 4 is 28.4 Å². The summed E-state index contributed by atoms with van der Waals surface area (Å²) in [6, 6.07) is 15.4. The van der Waals surface area contributed by atoms with Crippen LogP contribution in [-0.2, 0) is 4.79 Å². The number of aromatic amines is 1. The van der Waals surface area contributed by atoms with Gasteiger partial charge >= 0.3 is 0 Å². The second kappa shape index (κ2) is 7.44. The van der Waals surface area contributed by atoms with E-state index >= 15 is 0 Å². The molecular formula is C21H23N3O2. The van der Waals surface area contributed by atoms with E-state index in [1.165, 1.54) is 10.5 Å². The third kappa shape index (κ3) is 3.77. The summed E-state index contributed by atoms with van der Waals surface area (Å²) in [7, 11) is 1.63. The van der Waals surface area contributed by atoms with Crippen molar-refractivity contribution in [2.45, 2.75) is 19.8 Å². The maximum absolute atomic E-state index is 12.7. The molecule has 0 saturated heterocycles. The van der Waals surface area contributed by atoms with Crippen LogP contribution < -0.4 is 5.32 Å². The van der Waals surface area contributed by atoms with Crippen LogP contribution in [-0.4, -0.2) is 35.3 Å². The van der Waals surface area contributed by atoms with Gasteiger partial charge in [0, 0.05) is 29.8 Å². The summed E-state index contributed by atoms with van der Waals surface area (Å²) < 4.78 is 0. The number of carbonyl (C=O) groups excluding carboxylic acids is 2. The average Bonchev–Trinajstić information content (AvgIpc) is 3.05. The lowest BCUT2D eigenvalue weighted by atomic mass is 10.0. The van der Waals surface area contributed by atoms with Crippen molar-refractivity contribution in [1.82, 2.24) is 9.88 Å². The molecule has 2 amide bonds. The third-order valence-electron chi connectivity index (χ3n) is 4.41. The number of nitrogens with zero attached hydrogens (tertiary/aromatic N) is 1. The summed E-state index contributed by atoms with van der Waals surface area (Å²) in [6.07, 6.45) is 1.69. The quantitative estimate of drug-likeness (QED) is 0.731. The van der Waals surface area contributed by atoms with Gasteiger partial charge in [0.15, 0.2) is 0 Å². The summed E-state index contributed by atoms with van der Waals surface area (Å²) in [5, 5.41) is 3.69. The molecule has 5 heteroatoms. The molecule has 26 heavy (non-hydrogen) atoms. The number of fused-ring (bicyclic) bond motifs is 1. The molecule has 0 aliphatic carbocycles. The van der Waals surface area contributed by atoms with E-state index < -0.39 is 0 Å². The first-order valence-electron chi connectivity index (χ1n) is 8.67. The molecule has 3 rings (SSSR count). The Bertz CT molecular complexity index is 926. The van der Waals surface area contributed by atoms with Gasteiger partial charge in [-0.15, -0.1) is 0 Å². The zero-order valence-corrected chi connectivity index (χ0v) is 15.2. The van der Waals surface area contributed by atoms with E-state index in [0.29, 0.717) is 11.5 Å². The molecule has 1 heterocycles. The van der Waals surface area contributed by atoms with Crippen LogP contribution in [0.25, 0.3) is 10.9 Å². The van der Waals surface area contributed by atoms with Crippen LogP contribution in [0.1, 0.15) is 35.7 Å². The fourth-order valence-corrected chi connectivity index (χ4v) is 2.89. The van der Waals surface area contributed by atoms with E-state index in [4.69, 9.17) is 0 Å². The zero-order valence-electron chi connectivity index (χ0n) is 15.2. The van der Waals surface area contributed by atoms with Gasteiger partial charge in [-0.05, 0) is 29.7 Å². The maximum atomic E-state index is 12.7. The summed E-state index contributed by atoms with van der Waals surface area (Å²) in [5.41, 5.74) is 3.41. The molecule has 0 spiro atoms. The van der Waals surface area contributed by atoms with Gasteiger partial charge < -0.3 is 15.2 Å². The number of nitrogens with one attached hydrogen (secondary N) is 2. The van der Waals surface area contributed by atoms with Crippen molar-refractivity contribution in [1.29, 1.82) is 0 Å². The largest absolute Gasteiger partial charge is 0.360 e. The first-order chi connectivity index (χ1) is 12.5. The predicted molar refractivity (Wildman–Crippen MR) is 104 cm³/mol. The Kier molecular flexibility index (Phi) is 5.07. The molecule has 134 valence electrons. The van der Waals surface area contributed by atoms with Crippen LogP contribution in [0, 0.1) is 0 Å². The van der Waals surface area contributed by atoms with E-state index in [2.05, 4.69) is 24.1 Å². The number of amides is 2. The molecule has 2 aromatic carbocycles. The van der Waals surface area contributed by atoms with Crippen LogP contribution in [0.15, 0.2) is 54.7 Å². The predicted octanol–water partition coefficient (Wildman–Crippen LogP) is 4.00. The molecule has 0 unspecified atom stereocenters. The van der Waals surface area contributed by atoms with Gasteiger partial charge in [-0.1, -0.05) is 44.2 Å². The summed E-state index contributed by atoms with van der Waals surface area (Å²) in [4.78, 5) is 29.4. The number of anilines is 1. The van der Waals surface area contributed by atoms with Crippen molar-refractivity contribution in [3.05, 3.63) is 65.9 Å². The molecule has 0 aliphatic rings. The minimum absolute atomic E-state index is 0.00965. The SMILES string of the molecule is CC(C)c1ccc(NC(=O)CN(C)C(=O)c2c[nH]c3ccccc23)cc1. The van der Waals surface area contributed by atoms with Gasteiger partial charge in [-0.3, -0.25) is 9.59 Å². The Balaban J connectivity index is 1.64. The highest BCUT2D eigenvalue weighted by atomic mass is 16.2. The molecule has 2 N–H and O–H groups in total. The third-order valence-corrected chi connectivity index (χ3v) is 4.41. The Morgan fingerprint density at radius 3 is 2.46 bits per heavy atom. The molecule has 0 aliphatic heterocycles. The van der Waals surface area contributed by atoms with Crippen LogP contribution in [0.5, 0.6) is 0 Å². The van der Waals surface area contributed by atoms with E-state index in [1.54, 1.807) is 13.2 Å². The van der Waals surface area contributed by atoms with Crippen LogP contribution in [0.4, 0.5) is 5.69 Å². The lowest BCUT2D eigenvalue weighted by molar-refractivity contribution is -0.116. The van der Waals surface area contributed by atoms with Gasteiger partial charge in [-0.2, -0.15) is 0 Å². The van der Waals surface area contributed by atoms with Crippen molar-refractivity contribution < 1.29 is 9.59 Å². The smallest absolute Gasteiger partial charge is 0.256 e. The first-order valence-corrected chi connectivity index (χ1v) is 8.67. The Hall–Kier alpha value is -3.08. The highest BCUT2D eigenvalue weighted by molar-refractivity contribution is 6.08. The highest BCUT2D eigenvalue weighted by Crippen LogP contribution is 2.19. The lowest BCUT2D eigenvalue weighted by Gasteiger charge is -2.16. The lowest BCUT2D eigenvalue weighted by Crippen LogP contribution is -2.34. The van der Waals surface area contributed by atoms with Crippen LogP contribution in [0.2, 0.25) is 0 Å². The molecule has 3 aromatic rings. The maximum Gasteiger partial charge on any atom is 0.256 e. The summed E-state index contributed by atoms with van der Waals surface area (Å²) in [5.74, 6) is 0.0328.